The van der Waals surface area contributed by atoms with Crippen molar-refractivity contribution < 1.29 is 4.42 Å². The van der Waals surface area contributed by atoms with E-state index in [0.29, 0.717) is 12.0 Å². The lowest BCUT2D eigenvalue weighted by molar-refractivity contribution is 0.136. The van der Waals surface area contributed by atoms with Crippen LogP contribution in [0.4, 0.5) is 0 Å². The summed E-state index contributed by atoms with van der Waals surface area (Å²) in [6.07, 6.45) is 4.06. The maximum absolute atomic E-state index is 6.10. The van der Waals surface area contributed by atoms with E-state index in [1.807, 2.05) is 6.07 Å². The third-order valence-corrected chi connectivity index (χ3v) is 3.74. The van der Waals surface area contributed by atoms with E-state index in [0.717, 1.165) is 31.8 Å². The molecular formula is C13H22N2O. The lowest BCUT2D eigenvalue weighted by atomic mass is 9.90. The maximum Gasteiger partial charge on any atom is 0.120 e. The van der Waals surface area contributed by atoms with E-state index in [4.69, 9.17) is 10.2 Å². The molecule has 2 rings (SSSR count). The van der Waals surface area contributed by atoms with Gasteiger partial charge in [0.15, 0.2) is 0 Å². The molecule has 0 radical (unpaired) electrons. The van der Waals surface area contributed by atoms with Gasteiger partial charge in [-0.2, -0.15) is 0 Å². The lowest BCUT2D eigenvalue weighted by Gasteiger charge is -2.36. The Morgan fingerprint density at radius 1 is 1.56 bits per heavy atom. The van der Waals surface area contributed by atoms with Crippen LogP contribution in [0, 0.1) is 12.8 Å². The molecule has 0 bridgehead atoms. The Kier molecular flexibility index (Phi) is 3.66. The average Bonchev–Trinajstić information content (AvgIpc) is 2.67. The molecule has 1 fully saturated rings. The van der Waals surface area contributed by atoms with Crippen molar-refractivity contribution in [3.05, 3.63) is 23.7 Å². The Morgan fingerprint density at radius 3 is 3.00 bits per heavy atom. The van der Waals surface area contributed by atoms with Gasteiger partial charge in [-0.3, -0.25) is 4.90 Å². The van der Waals surface area contributed by atoms with E-state index in [2.05, 4.69) is 18.7 Å². The SMILES string of the molecule is CCC1CN(Cc2occc2C)CCC1N. The smallest absolute Gasteiger partial charge is 0.120 e. The average molecular weight is 222 g/mol. The molecular weight excluding hydrogens is 200 g/mol. The summed E-state index contributed by atoms with van der Waals surface area (Å²) in [7, 11) is 0. The minimum absolute atomic E-state index is 0.388. The summed E-state index contributed by atoms with van der Waals surface area (Å²) >= 11 is 0. The van der Waals surface area contributed by atoms with Crippen molar-refractivity contribution in [1.82, 2.24) is 4.90 Å². The number of aryl methyl sites for hydroxylation is 1. The zero-order valence-corrected chi connectivity index (χ0v) is 10.3. The molecule has 1 saturated heterocycles. The summed E-state index contributed by atoms with van der Waals surface area (Å²) in [6, 6.07) is 2.42. The second-order valence-corrected chi connectivity index (χ2v) is 4.88. The summed E-state index contributed by atoms with van der Waals surface area (Å²) in [5, 5.41) is 0. The van der Waals surface area contributed by atoms with Gasteiger partial charge in [-0.1, -0.05) is 13.3 Å². The molecule has 3 nitrogen and oxygen atoms in total. The minimum atomic E-state index is 0.388. The monoisotopic (exact) mass is 222 g/mol. The van der Waals surface area contributed by atoms with E-state index < -0.39 is 0 Å². The normalized spacial score (nSPS) is 27.2. The number of hydrogen-bond donors (Lipinski definition) is 1. The summed E-state index contributed by atoms with van der Waals surface area (Å²) in [4.78, 5) is 2.46. The number of likely N-dealkylation sites (tertiary alicyclic amines) is 1. The Labute approximate surface area is 97.6 Å². The molecule has 1 aliphatic rings. The summed E-state index contributed by atoms with van der Waals surface area (Å²) < 4.78 is 5.49. The van der Waals surface area contributed by atoms with Gasteiger partial charge in [-0.25, -0.2) is 0 Å². The molecule has 2 unspecified atom stereocenters. The third kappa shape index (κ3) is 2.47. The third-order valence-electron chi connectivity index (χ3n) is 3.74. The predicted molar refractivity (Wildman–Crippen MR) is 65.1 cm³/mol. The molecule has 0 spiro atoms. The number of hydrogen-bond acceptors (Lipinski definition) is 3. The van der Waals surface area contributed by atoms with E-state index in [1.165, 1.54) is 12.0 Å². The molecule has 2 atom stereocenters. The Hall–Kier alpha value is -0.800. The fraction of sp³-hybridized carbons (Fsp3) is 0.692. The van der Waals surface area contributed by atoms with Crippen molar-refractivity contribution in [2.45, 2.75) is 39.3 Å². The highest BCUT2D eigenvalue weighted by Crippen LogP contribution is 2.21. The van der Waals surface area contributed by atoms with Crippen LogP contribution in [0.2, 0.25) is 0 Å². The van der Waals surface area contributed by atoms with E-state index >= 15 is 0 Å². The number of piperidine rings is 1. The molecule has 1 aromatic heterocycles. The molecule has 16 heavy (non-hydrogen) atoms. The summed E-state index contributed by atoms with van der Waals surface area (Å²) in [5.41, 5.74) is 7.36. The minimum Gasteiger partial charge on any atom is -0.468 e. The van der Waals surface area contributed by atoms with Crippen molar-refractivity contribution in [3.63, 3.8) is 0 Å². The van der Waals surface area contributed by atoms with Gasteiger partial charge in [-0.15, -0.1) is 0 Å². The van der Waals surface area contributed by atoms with Crippen LogP contribution in [0.15, 0.2) is 16.7 Å². The molecule has 2 N–H and O–H groups in total. The first-order valence-corrected chi connectivity index (χ1v) is 6.21. The fourth-order valence-corrected chi connectivity index (χ4v) is 2.47. The Bertz CT molecular complexity index is 334. The van der Waals surface area contributed by atoms with Crippen molar-refractivity contribution in [2.75, 3.05) is 13.1 Å². The van der Waals surface area contributed by atoms with Gasteiger partial charge in [0.25, 0.3) is 0 Å². The molecule has 0 aliphatic carbocycles. The quantitative estimate of drug-likeness (QED) is 0.852. The van der Waals surface area contributed by atoms with Crippen molar-refractivity contribution >= 4 is 0 Å². The largest absolute Gasteiger partial charge is 0.468 e. The first-order chi connectivity index (χ1) is 7.70. The van der Waals surface area contributed by atoms with Crippen LogP contribution in [-0.2, 0) is 6.54 Å². The zero-order chi connectivity index (χ0) is 11.5. The Morgan fingerprint density at radius 2 is 2.38 bits per heavy atom. The van der Waals surface area contributed by atoms with Crippen LogP contribution in [0.5, 0.6) is 0 Å². The van der Waals surface area contributed by atoms with Gasteiger partial charge >= 0.3 is 0 Å². The topological polar surface area (TPSA) is 42.4 Å². The summed E-state index contributed by atoms with van der Waals surface area (Å²) in [6.45, 7) is 7.47. The van der Waals surface area contributed by atoms with E-state index in [9.17, 15) is 0 Å². The van der Waals surface area contributed by atoms with Gasteiger partial charge in [-0.05, 0) is 30.9 Å². The van der Waals surface area contributed by atoms with Crippen molar-refractivity contribution in [2.24, 2.45) is 11.7 Å². The fourth-order valence-electron chi connectivity index (χ4n) is 2.47. The Balaban J connectivity index is 1.94. The number of furan rings is 1. The molecule has 2 heterocycles. The zero-order valence-electron chi connectivity index (χ0n) is 10.3. The van der Waals surface area contributed by atoms with Crippen LogP contribution in [0.25, 0.3) is 0 Å². The number of nitrogens with zero attached hydrogens (tertiary/aromatic N) is 1. The van der Waals surface area contributed by atoms with Gasteiger partial charge in [0.05, 0.1) is 12.8 Å². The van der Waals surface area contributed by atoms with E-state index in [-0.39, 0.29) is 0 Å². The second kappa shape index (κ2) is 5.02. The van der Waals surface area contributed by atoms with Gasteiger partial charge < -0.3 is 10.2 Å². The van der Waals surface area contributed by atoms with Crippen molar-refractivity contribution in [1.29, 1.82) is 0 Å². The molecule has 0 saturated carbocycles. The van der Waals surface area contributed by atoms with Crippen LogP contribution in [0.1, 0.15) is 31.1 Å². The maximum atomic E-state index is 6.10. The molecule has 3 heteroatoms. The molecule has 1 aromatic rings. The molecule has 0 aromatic carbocycles. The number of nitrogens with two attached hydrogens (primary N) is 1. The number of rotatable bonds is 3. The van der Waals surface area contributed by atoms with Crippen LogP contribution >= 0.6 is 0 Å². The standard InChI is InChI=1S/C13H22N2O/c1-3-11-8-15(6-4-12(11)14)9-13-10(2)5-7-16-13/h5,7,11-12H,3-4,6,8-9,14H2,1-2H3. The van der Waals surface area contributed by atoms with Gasteiger partial charge in [0, 0.05) is 19.1 Å². The summed E-state index contributed by atoms with van der Waals surface area (Å²) in [5.74, 6) is 1.74. The second-order valence-electron chi connectivity index (χ2n) is 4.88. The molecule has 1 aliphatic heterocycles. The molecule has 90 valence electrons. The van der Waals surface area contributed by atoms with Crippen molar-refractivity contribution in [3.8, 4) is 0 Å². The van der Waals surface area contributed by atoms with Crippen LogP contribution < -0.4 is 5.73 Å². The van der Waals surface area contributed by atoms with Crippen LogP contribution in [-0.4, -0.2) is 24.0 Å². The molecule has 0 amide bonds. The first-order valence-electron chi connectivity index (χ1n) is 6.21. The highest BCUT2D eigenvalue weighted by molar-refractivity contribution is 5.14. The van der Waals surface area contributed by atoms with Crippen LogP contribution in [0.3, 0.4) is 0 Å². The van der Waals surface area contributed by atoms with E-state index in [1.54, 1.807) is 6.26 Å². The first kappa shape index (κ1) is 11.7. The lowest BCUT2D eigenvalue weighted by Crippen LogP contribution is -2.46. The van der Waals surface area contributed by atoms with Gasteiger partial charge in [0.1, 0.15) is 5.76 Å². The van der Waals surface area contributed by atoms with Gasteiger partial charge in [0.2, 0.25) is 0 Å². The highest BCUT2D eigenvalue weighted by atomic mass is 16.3. The highest BCUT2D eigenvalue weighted by Gasteiger charge is 2.25. The predicted octanol–water partition coefficient (Wildman–Crippen LogP) is 2.15.